The molecule has 0 aliphatic rings. The standard InChI is InChI=1S/C18H16N2O3/c1-13-10-17(23-20-13)18(21)19-15-8-5-9-16(11-15)22-12-14-6-3-2-4-7-14/h2-11H,12H2,1H3,(H,19,21). The van der Waals surface area contributed by atoms with Crippen molar-refractivity contribution >= 4 is 11.6 Å². The first-order chi connectivity index (χ1) is 11.2. The molecule has 0 saturated carbocycles. The summed E-state index contributed by atoms with van der Waals surface area (Å²) < 4.78 is 10.7. The summed E-state index contributed by atoms with van der Waals surface area (Å²) in [6.45, 7) is 2.23. The number of anilines is 1. The number of amides is 1. The minimum Gasteiger partial charge on any atom is -0.489 e. The van der Waals surface area contributed by atoms with Gasteiger partial charge in [0.25, 0.3) is 5.91 Å². The molecule has 0 unspecified atom stereocenters. The van der Waals surface area contributed by atoms with Crippen LogP contribution in [0.15, 0.2) is 65.2 Å². The van der Waals surface area contributed by atoms with Gasteiger partial charge in [-0.05, 0) is 24.6 Å². The highest BCUT2D eigenvalue weighted by Crippen LogP contribution is 2.19. The van der Waals surface area contributed by atoms with Gasteiger partial charge in [0, 0.05) is 17.8 Å². The number of rotatable bonds is 5. The molecular formula is C18H16N2O3. The number of hydrogen-bond donors (Lipinski definition) is 1. The molecule has 2 aromatic carbocycles. The number of aromatic nitrogens is 1. The lowest BCUT2D eigenvalue weighted by Crippen LogP contribution is -2.10. The Morgan fingerprint density at radius 1 is 1.13 bits per heavy atom. The molecule has 0 aliphatic carbocycles. The third-order valence-corrected chi connectivity index (χ3v) is 3.19. The Kier molecular flexibility index (Phi) is 4.38. The summed E-state index contributed by atoms with van der Waals surface area (Å²) in [6, 6.07) is 18.7. The second-order valence-corrected chi connectivity index (χ2v) is 5.09. The number of nitrogens with zero attached hydrogens (tertiary/aromatic N) is 1. The number of carbonyl (C=O) groups is 1. The lowest BCUT2D eigenvalue weighted by Gasteiger charge is -2.08. The van der Waals surface area contributed by atoms with Gasteiger partial charge < -0.3 is 14.6 Å². The molecule has 23 heavy (non-hydrogen) atoms. The zero-order valence-corrected chi connectivity index (χ0v) is 12.7. The Balaban J connectivity index is 1.64. The van der Waals surface area contributed by atoms with Crippen molar-refractivity contribution in [1.82, 2.24) is 5.16 Å². The zero-order valence-electron chi connectivity index (χ0n) is 12.7. The van der Waals surface area contributed by atoms with Gasteiger partial charge in [-0.25, -0.2) is 0 Å². The minimum absolute atomic E-state index is 0.179. The fourth-order valence-electron chi connectivity index (χ4n) is 2.07. The molecule has 0 bridgehead atoms. The predicted octanol–water partition coefficient (Wildman–Crippen LogP) is 3.81. The third-order valence-electron chi connectivity index (χ3n) is 3.19. The van der Waals surface area contributed by atoms with Crippen molar-refractivity contribution in [3.8, 4) is 5.75 Å². The summed E-state index contributed by atoms with van der Waals surface area (Å²) in [7, 11) is 0. The van der Waals surface area contributed by atoms with Gasteiger partial charge in [0.05, 0.1) is 5.69 Å². The summed E-state index contributed by atoms with van der Waals surface area (Å²) in [6.07, 6.45) is 0. The van der Waals surface area contributed by atoms with E-state index in [1.54, 1.807) is 25.1 Å². The van der Waals surface area contributed by atoms with Crippen LogP contribution in [-0.4, -0.2) is 11.1 Å². The van der Waals surface area contributed by atoms with Gasteiger partial charge in [-0.15, -0.1) is 0 Å². The van der Waals surface area contributed by atoms with Crippen molar-refractivity contribution in [2.24, 2.45) is 0 Å². The maximum Gasteiger partial charge on any atom is 0.294 e. The SMILES string of the molecule is Cc1cc(C(=O)Nc2cccc(OCc3ccccc3)c2)on1. The van der Waals surface area contributed by atoms with Crippen molar-refractivity contribution in [3.63, 3.8) is 0 Å². The monoisotopic (exact) mass is 308 g/mol. The second-order valence-electron chi connectivity index (χ2n) is 5.09. The van der Waals surface area contributed by atoms with Crippen LogP contribution < -0.4 is 10.1 Å². The van der Waals surface area contributed by atoms with E-state index in [1.165, 1.54) is 0 Å². The first-order valence-corrected chi connectivity index (χ1v) is 7.22. The highest BCUT2D eigenvalue weighted by atomic mass is 16.5. The molecule has 5 nitrogen and oxygen atoms in total. The lowest BCUT2D eigenvalue weighted by molar-refractivity contribution is 0.0988. The molecule has 0 spiro atoms. The van der Waals surface area contributed by atoms with Crippen LogP contribution in [0.25, 0.3) is 0 Å². The van der Waals surface area contributed by atoms with Gasteiger partial charge in [-0.3, -0.25) is 4.79 Å². The van der Waals surface area contributed by atoms with Crippen LogP contribution in [0.5, 0.6) is 5.75 Å². The van der Waals surface area contributed by atoms with E-state index in [4.69, 9.17) is 9.26 Å². The maximum absolute atomic E-state index is 12.0. The number of nitrogens with one attached hydrogen (secondary N) is 1. The molecule has 5 heteroatoms. The molecule has 3 aromatic rings. The van der Waals surface area contributed by atoms with Gasteiger partial charge in [0.15, 0.2) is 0 Å². The molecule has 0 radical (unpaired) electrons. The first kappa shape index (κ1) is 14.8. The van der Waals surface area contributed by atoms with Gasteiger partial charge in [0.2, 0.25) is 5.76 Å². The Hall–Kier alpha value is -3.08. The van der Waals surface area contributed by atoms with Crippen LogP contribution in [0.1, 0.15) is 21.8 Å². The Morgan fingerprint density at radius 3 is 2.70 bits per heavy atom. The predicted molar refractivity (Wildman–Crippen MR) is 86.4 cm³/mol. The Bertz CT molecular complexity index is 797. The van der Waals surface area contributed by atoms with Gasteiger partial charge in [0.1, 0.15) is 12.4 Å². The summed E-state index contributed by atoms with van der Waals surface area (Å²) in [4.78, 5) is 12.0. The second kappa shape index (κ2) is 6.79. The fourth-order valence-corrected chi connectivity index (χ4v) is 2.07. The van der Waals surface area contributed by atoms with E-state index in [-0.39, 0.29) is 11.7 Å². The van der Waals surface area contributed by atoms with Crippen LogP contribution in [0, 0.1) is 6.92 Å². The first-order valence-electron chi connectivity index (χ1n) is 7.22. The average Bonchev–Trinajstić information content (AvgIpc) is 3.01. The fraction of sp³-hybridized carbons (Fsp3) is 0.111. The van der Waals surface area contributed by atoms with Crippen molar-refractivity contribution < 1.29 is 14.1 Å². The number of carbonyl (C=O) groups excluding carboxylic acids is 1. The number of benzene rings is 2. The highest BCUT2D eigenvalue weighted by Gasteiger charge is 2.12. The molecule has 3 rings (SSSR count). The average molecular weight is 308 g/mol. The summed E-state index contributed by atoms with van der Waals surface area (Å²) >= 11 is 0. The summed E-state index contributed by atoms with van der Waals surface area (Å²) in [5.41, 5.74) is 2.38. The van der Waals surface area contributed by atoms with Crippen LogP contribution in [0.2, 0.25) is 0 Å². The van der Waals surface area contributed by atoms with E-state index in [0.29, 0.717) is 23.7 Å². The van der Waals surface area contributed by atoms with E-state index >= 15 is 0 Å². The minimum atomic E-state index is -0.342. The van der Waals surface area contributed by atoms with Gasteiger partial charge in [-0.2, -0.15) is 0 Å². The molecule has 116 valence electrons. The number of hydrogen-bond acceptors (Lipinski definition) is 4. The largest absolute Gasteiger partial charge is 0.489 e. The molecule has 1 amide bonds. The van der Waals surface area contributed by atoms with E-state index in [1.807, 2.05) is 42.5 Å². The molecule has 1 N–H and O–H groups in total. The molecule has 1 aromatic heterocycles. The molecule has 0 saturated heterocycles. The normalized spacial score (nSPS) is 10.3. The summed E-state index contributed by atoms with van der Waals surface area (Å²) in [5.74, 6) is 0.518. The Labute approximate surface area is 133 Å². The van der Waals surface area contributed by atoms with Gasteiger partial charge >= 0.3 is 0 Å². The van der Waals surface area contributed by atoms with E-state index in [0.717, 1.165) is 5.56 Å². The van der Waals surface area contributed by atoms with Crippen LogP contribution >= 0.6 is 0 Å². The molecule has 0 atom stereocenters. The topological polar surface area (TPSA) is 64.4 Å². The molecule has 0 fully saturated rings. The van der Waals surface area contributed by atoms with Crippen LogP contribution in [-0.2, 0) is 6.61 Å². The van der Waals surface area contributed by atoms with E-state index in [2.05, 4.69) is 10.5 Å². The molecular weight excluding hydrogens is 292 g/mol. The van der Waals surface area contributed by atoms with Gasteiger partial charge in [-0.1, -0.05) is 41.6 Å². The molecule has 0 aliphatic heterocycles. The summed E-state index contributed by atoms with van der Waals surface area (Å²) in [5, 5.41) is 6.46. The van der Waals surface area contributed by atoms with Crippen molar-refractivity contribution in [2.75, 3.05) is 5.32 Å². The smallest absolute Gasteiger partial charge is 0.294 e. The van der Waals surface area contributed by atoms with Crippen LogP contribution in [0.3, 0.4) is 0 Å². The maximum atomic E-state index is 12.0. The Morgan fingerprint density at radius 2 is 1.96 bits per heavy atom. The van der Waals surface area contributed by atoms with Crippen molar-refractivity contribution in [1.29, 1.82) is 0 Å². The van der Waals surface area contributed by atoms with Crippen LogP contribution in [0.4, 0.5) is 5.69 Å². The number of ether oxygens (including phenoxy) is 1. The lowest BCUT2D eigenvalue weighted by atomic mass is 10.2. The number of aryl methyl sites for hydroxylation is 1. The van der Waals surface area contributed by atoms with E-state index < -0.39 is 0 Å². The highest BCUT2D eigenvalue weighted by molar-refractivity contribution is 6.02. The van der Waals surface area contributed by atoms with E-state index in [9.17, 15) is 4.79 Å². The van der Waals surface area contributed by atoms with Crippen molar-refractivity contribution in [2.45, 2.75) is 13.5 Å². The quantitative estimate of drug-likeness (QED) is 0.778. The van der Waals surface area contributed by atoms with Crippen molar-refractivity contribution in [3.05, 3.63) is 77.7 Å². The molecule has 1 heterocycles. The zero-order chi connectivity index (χ0) is 16.1. The third kappa shape index (κ3) is 3.97.